The standard InChI is InChI=1S/C23H26N4O3/c1-15-5-10-19-20(12-15)26-22(25-19)17-4-3-11-27(13-17)14-21(28)24-18-8-6-16(7-9-18)23(29)30-2/h5-10,12,17H,3-4,11,13-14H2,1-2H3,(H,24,28)(H,25,26)/t17-/m1/s1. The third-order valence-corrected chi connectivity index (χ3v) is 5.50. The van der Waals surface area contributed by atoms with Crippen LogP contribution >= 0.6 is 0 Å². The number of amides is 1. The SMILES string of the molecule is COC(=O)c1ccc(NC(=O)CN2CCC[C@@H](c3nc4ccc(C)cc4[nH]3)C2)cc1. The molecule has 1 saturated heterocycles. The van der Waals surface area contributed by atoms with Crippen molar-refractivity contribution in [2.45, 2.75) is 25.7 Å². The van der Waals surface area contributed by atoms with Crippen molar-refractivity contribution in [1.29, 1.82) is 0 Å². The quantitative estimate of drug-likeness (QED) is 0.634. The lowest BCUT2D eigenvalue weighted by Gasteiger charge is -2.31. The lowest BCUT2D eigenvalue weighted by molar-refractivity contribution is -0.117. The summed E-state index contributed by atoms with van der Waals surface area (Å²) in [5.41, 5.74) is 4.37. The fourth-order valence-electron chi connectivity index (χ4n) is 3.97. The summed E-state index contributed by atoms with van der Waals surface area (Å²) < 4.78 is 4.69. The van der Waals surface area contributed by atoms with Crippen molar-refractivity contribution in [2.24, 2.45) is 0 Å². The van der Waals surface area contributed by atoms with Crippen LogP contribution in [0.4, 0.5) is 5.69 Å². The van der Waals surface area contributed by atoms with E-state index < -0.39 is 5.97 Å². The van der Waals surface area contributed by atoms with Crippen molar-refractivity contribution in [2.75, 3.05) is 32.1 Å². The summed E-state index contributed by atoms with van der Waals surface area (Å²) in [4.78, 5) is 34.4. The highest BCUT2D eigenvalue weighted by Crippen LogP contribution is 2.27. The van der Waals surface area contributed by atoms with Crippen molar-refractivity contribution in [3.8, 4) is 0 Å². The van der Waals surface area contributed by atoms with Crippen LogP contribution < -0.4 is 5.32 Å². The van der Waals surface area contributed by atoms with Crippen LogP contribution in [0.5, 0.6) is 0 Å². The number of methoxy groups -OCH3 is 1. The molecule has 0 aliphatic carbocycles. The van der Waals surface area contributed by atoms with Crippen LogP contribution in [0, 0.1) is 6.92 Å². The Morgan fingerprint density at radius 1 is 1.23 bits per heavy atom. The van der Waals surface area contributed by atoms with Crippen molar-refractivity contribution in [3.63, 3.8) is 0 Å². The zero-order chi connectivity index (χ0) is 21.1. The molecule has 2 aromatic carbocycles. The van der Waals surface area contributed by atoms with E-state index >= 15 is 0 Å². The largest absolute Gasteiger partial charge is 0.465 e. The number of hydrogen-bond donors (Lipinski definition) is 2. The first-order chi connectivity index (χ1) is 14.5. The summed E-state index contributed by atoms with van der Waals surface area (Å²) in [6, 6.07) is 12.9. The predicted octanol–water partition coefficient (Wildman–Crippen LogP) is 3.48. The molecule has 1 aliphatic heterocycles. The molecule has 7 nitrogen and oxygen atoms in total. The Morgan fingerprint density at radius 3 is 2.80 bits per heavy atom. The molecule has 2 heterocycles. The number of rotatable bonds is 5. The van der Waals surface area contributed by atoms with Crippen LogP contribution in [0.25, 0.3) is 11.0 Å². The molecule has 2 N–H and O–H groups in total. The van der Waals surface area contributed by atoms with Crippen LogP contribution in [0.3, 0.4) is 0 Å². The molecule has 0 saturated carbocycles. The van der Waals surface area contributed by atoms with E-state index in [1.165, 1.54) is 12.7 Å². The number of piperidine rings is 1. The van der Waals surface area contributed by atoms with E-state index in [9.17, 15) is 9.59 Å². The molecular weight excluding hydrogens is 380 g/mol. The molecular formula is C23H26N4O3. The monoisotopic (exact) mass is 406 g/mol. The fraction of sp³-hybridized carbons (Fsp3) is 0.348. The maximum atomic E-state index is 12.5. The number of nitrogens with one attached hydrogen (secondary N) is 2. The summed E-state index contributed by atoms with van der Waals surface area (Å²) in [6.45, 7) is 4.09. The van der Waals surface area contributed by atoms with E-state index in [-0.39, 0.29) is 5.91 Å². The Kier molecular flexibility index (Phi) is 5.81. The number of fused-ring (bicyclic) bond motifs is 1. The Bertz CT molecular complexity index is 1060. The minimum atomic E-state index is -0.395. The first-order valence-corrected chi connectivity index (χ1v) is 10.2. The molecule has 7 heteroatoms. The van der Waals surface area contributed by atoms with Gasteiger partial charge in [-0.2, -0.15) is 0 Å². The van der Waals surface area contributed by atoms with Gasteiger partial charge >= 0.3 is 5.97 Å². The average Bonchev–Trinajstić information content (AvgIpc) is 3.17. The van der Waals surface area contributed by atoms with Gasteiger partial charge in [-0.05, 0) is 68.3 Å². The molecule has 4 rings (SSSR count). The van der Waals surface area contributed by atoms with Gasteiger partial charge in [-0.3, -0.25) is 9.69 Å². The number of likely N-dealkylation sites (tertiary alicyclic amines) is 1. The van der Waals surface area contributed by atoms with Crippen molar-refractivity contribution < 1.29 is 14.3 Å². The third kappa shape index (κ3) is 4.52. The number of esters is 1. The first kappa shape index (κ1) is 20.1. The van der Waals surface area contributed by atoms with E-state index in [0.29, 0.717) is 23.7 Å². The van der Waals surface area contributed by atoms with Crippen molar-refractivity contribution >= 4 is 28.6 Å². The Morgan fingerprint density at radius 2 is 2.03 bits per heavy atom. The van der Waals surface area contributed by atoms with Crippen LogP contribution in [0.15, 0.2) is 42.5 Å². The smallest absolute Gasteiger partial charge is 0.337 e. The fourth-order valence-corrected chi connectivity index (χ4v) is 3.97. The number of carbonyl (C=O) groups excluding carboxylic acids is 2. The number of benzene rings is 2. The number of aromatic amines is 1. The molecule has 0 spiro atoms. The van der Waals surface area contributed by atoms with Gasteiger partial charge in [-0.1, -0.05) is 6.07 Å². The lowest BCUT2D eigenvalue weighted by Crippen LogP contribution is -2.40. The van der Waals surface area contributed by atoms with Gasteiger partial charge in [0.05, 0.1) is 30.3 Å². The number of anilines is 1. The number of H-pyrrole nitrogens is 1. The zero-order valence-corrected chi connectivity index (χ0v) is 17.3. The number of ether oxygens (including phenoxy) is 1. The van der Waals surface area contributed by atoms with E-state index in [1.54, 1.807) is 24.3 Å². The highest BCUT2D eigenvalue weighted by Gasteiger charge is 2.25. The van der Waals surface area contributed by atoms with Gasteiger partial charge in [-0.15, -0.1) is 0 Å². The molecule has 1 amide bonds. The highest BCUT2D eigenvalue weighted by atomic mass is 16.5. The lowest BCUT2D eigenvalue weighted by atomic mass is 9.97. The number of carbonyl (C=O) groups is 2. The molecule has 1 aliphatic rings. The van der Waals surface area contributed by atoms with E-state index in [2.05, 4.69) is 39.0 Å². The zero-order valence-electron chi connectivity index (χ0n) is 17.3. The van der Waals surface area contributed by atoms with Crippen molar-refractivity contribution in [3.05, 3.63) is 59.4 Å². The molecule has 0 bridgehead atoms. The minimum Gasteiger partial charge on any atom is -0.465 e. The van der Waals surface area contributed by atoms with Crippen LogP contribution in [-0.4, -0.2) is 53.5 Å². The van der Waals surface area contributed by atoms with Gasteiger partial charge in [0.15, 0.2) is 0 Å². The first-order valence-electron chi connectivity index (χ1n) is 10.2. The predicted molar refractivity (Wildman–Crippen MR) is 116 cm³/mol. The van der Waals surface area contributed by atoms with Gasteiger partial charge < -0.3 is 15.0 Å². The summed E-state index contributed by atoms with van der Waals surface area (Å²) in [6.07, 6.45) is 2.09. The number of aryl methyl sites for hydroxylation is 1. The Balaban J connectivity index is 1.36. The summed E-state index contributed by atoms with van der Waals surface area (Å²) in [5.74, 6) is 0.826. The van der Waals surface area contributed by atoms with Crippen molar-refractivity contribution in [1.82, 2.24) is 14.9 Å². The summed E-state index contributed by atoms with van der Waals surface area (Å²) in [7, 11) is 1.34. The molecule has 0 unspecified atom stereocenters. The molecule has 1 atom stereocenters. The van der Waals surface area contributed by atoms with Gasteiger partial charge in [0.25, 0.3) is 0 Å². The Labute approximate surface area is 175 Å². The van der Waals surface area contributed by atoms with Crippen LogP contribution in [0.2, 0.25) is 0 Å². The molecule has 0 radical (unpaired) electrons. The highest BCUT2D eigenvalue weighted by molar-refractivity contribution is 5.94. The molecule has 1 fully saturated rings. The minimum absolute atomic E-state index is 0.0679. The van der Waals surface area contributed by atoms with E-state index in [1.807, 2.05) is 6.07 Å². The number of nitrogens with zero attached hydrogens (tertiary/aromatic N) is 2. The normalized spacial score (nSPS) is 17.1. The van der Waals surface area contributed by atoms with Crippen LogP contribution in [-0.2, 0) is 9.53 Å². The summed E-state index contributed by atoms with van der Waals surface area (Å²) in [5, 5.41) is 2.90. The maximum absolute atomic E-state index is 12.5. The van der Waals surface area contributed by atoms with E-state index in [4.69, 9.17) is 4.98 Å². The summed E-state index contributed by atoms with van der Waals surface area (Å²) >= 11 is 0. The van der Waals surface area contributed by atoms with Gasteiger partial charge in [-0.25, -0.2) is 9.78 Å². The third-order valence-electron chi connectivity index (χ3n) is 5.50. The molecule has 3 aromatic rings. The van der Waals surface area contributed by atoms with Crippen LogP contribution in [0.1, 0.15) is 40.5 Å². The molecule has 1 aromatic heterocycles. The second-order valence-corrected chi connectivity index (χ2v) is 7.83. The van der Waals surface area contributed by atoms with E-state index in [0.717, 1.165) is 42.8 Å². The maximum Gasteiger partial charge on any atom is 0.337 e. The molecule has 156 valence electrons. The Hall–Kier alpha value is -3.19. The second-order valence-electron chi connectivity index (χ2n) is 7.83. The number of aromatic nitrogens is 2. The average molecular weight is 406 g/mol. The van der Waals surface area contributed by atoms with Gasteiger partial charge in [0.2, 0.25) is 5.91 Å². The van der Waals surface area contributed by atoms with Gasteiger partial charge in [0.1, 0.15) is 5.82 Å². The topological polar surface area (TPSA) is 87.3 Å². The van der Waals surface area contributed by atoms with Gasteiger partial charge in [0, 0.05) is 18.2 Å². The number of imidazole rings is 1. The molecule has 30 heavy (non-hydrogen) atoms. The second kappa shape index (κ2) is 8.67. The number of hydrogen-bond acceptors (Lipinski definition) is 5.